The van der Waals surface area contributed by atoms with E-state index in [1.807, 2.05) is 12.1 Å². The molecule has 1 fully saturated rings. The molecule has 0 aliphatic carbocycles. The standard InChI is InChI=1S/C17H16Cl2N2O2/c18-13-9-12(10-14(19)11-13)17(23)21-7-5-20(6-8-21)15-1-3-16(22)4-2-15/h1-4,9-11,22H,5-8H2. The van der Waals surface area contributed by atoms with Gasteiger partial charge in [-0.15, -0.1) is 0 Å². The van der Waals surface area contributed by atoms with Crippen molar-refractivity contribution in [3.63, 3.8) is 0 Å². The summed E-state index contributed by atoms with van der Waals surface area (Å²) >= 11 is 11.9. The van der Waals surface area contributed by atoms with Gasteiger partial charge >= 0.3 is 0 Å². The Hall–Kier alpha value is -1.91. The molecule has 2 aromatic rings. The molecule has 6 heteroatoms. The van der Waals surface area contributed by atoms with Crippen molar-refractivity contribution in [2.24, 2.45) is 0 Å². The van der Waals surface area contributed by atoms with Gasteiger partial charge in [-0.1, -0.05) is 23.2 Å². The van der Waals surface area contributed by atoms with E-state index in [0.29, 0.717) is 28.7 Å². The minimum absolute atomic E-state index is 0.0558. The fourth-order valence-electron chi connectivity index (χ4n) is 2.69. The number of amides is 1. The molecule has 4 nitrogen and oxygen atoms in total. The van der Waals surface area contributed by atoms with Crippen molar-refractivity contribution in [3.05, 3.63) is 58.1 Å². The van der Waals surface area contributed by atoms with Gasteiger partial charge in [0.05, 0.1) is 0 Å². The number of hydrogen-bond acceptors (Lipinski definition) is 3. The van der Waals surface area contributed by atoms with E-state index in [0.717, 1.165) is 18.8 Å². The predicted octanol–water partition coefficient (Wildman–Crippen LogP) is 3.66. The Morgan fingerprint density at radius 3 is 2.04 bits per heavy atom. The van der Waals surface area contributed by atoms with Crippen LogP contribution in [0.2, 0.25) is 10.0 Å². The largest absolute Gasteiger partial charge is 0.508 e. The Morgan fingerprint density at radius 1 is 0.913 bits per heavy atom. The highest BCUT2D eigenvalue weighted by Gasteiger charge is 2.22. The van der Waals surface area contributed by atoms with Gasteiger partial charge in [0, 0.05) is 47.5 Å². The zero-order valence-corrected chi connectivity index (χ0v) is 13.9. The Bertz CT molecular complexity index is 691. The number of phenolic OH excluding ortho intramolecular Hbond substituents is 1. The summed E-state index contributed by atoms with van der Waals surface area (Å²) in [4.78, 5) is 16.5. The molecule has 0 radical (unpaired) electrons. The lowest BCUT2D eigenvalue weighted by molar-refractivity contribution is 0.0747. The molecule has 1 aliphatic heterocycles. The molecule has 1 amide bonds. The Kier molecular flexibility index (Phi) is 4.64. The minimum Gasteiger partial charge on any atom is -0.508 e. The first-order valence-corrected chi connectivity index (χ1v) is 8.08. The van der Waals surface area contributed by atoms with Crippen LogP contribution < -0.4 is 4.90 Å². The van der Waals surface area contributed by atoms with Gasteiger partial charge in [-0.3, -0.25) is 4.79 Å². The molecule has 0 saturated carbocycles. The lowest BCUT2D eigenvalue weighted by Gasteiger charge is -2.36. The molecule has 0 atom stereocenters. The SMILES string of the molecule is O=C(c1cc(Cl)cc(Cl)c1)N1CCN(c2ccc(O)cc2)CC1. The topological polar surface area (TPSA) is 43.8 Å². The summed E-state index contributed by atoms with van der Waals surface area (Å²) in [7, 11) is 0. The average Bonchev–Trinajstić information content (AvgIpc) is 2.54. The van der Waals surface area contributed by atoms with E-state index in [1.165, 1.54) is 0 Å². The summed E-state index contributed by atoms with van der Waals surface area (Å²) in [5, 5.41) is 10.3. The normalized spacial score (nSPS) is 14.9. The fraction of sp³-hybridized carbons (Fsp3) is 0.235. The van der Waals surface area contributed by atoms with Gasteiger partial charge in [0.2, 0.25) is 0 Å². The van der Waals surface area contributed by atoms with Gasteiger partial charge in [-0.05, 0) is 42.5 Å². The summed E-state index contributed by atoms with van der Waals surface area (Å²) in [5.74, 6) is 0.195. The van der Waals surface area contributed by atoms with Crippen LogP contribution in [0.25, 0.3) is 0 Å². The number of halogens is 2. The van der Waals surface area contributed by atoms with Crippen molar-refractivity contribution in [1.29, 1.82) is 0 Å². The van der Waals surface area contributed by atoms with E-state index in [4.69, 9.17) is 23.2 Å². The second-order valence-electron chi connectivity index (χ2n) is 5.45. The number of phenols is 1. The number of carbonyl (C=O) groups is 1. The van der Waals surface area contributed by atoms with Crippen LogP contribution in [0, 0.1) is 0 Å². The molecule has 2 aromatic carbocycles. The molecule has 3 rings (SSSR count). The van der Waals surface area contributed by atoms with Gasteiger partial charge in [0.1, 0.15) is 5.75 Å². The van der Waals surface area contributed by atoms with Crippen molar-refractivity contribution in [3.8, 4) is 5.75 Å². The summed E-state index contributed by atoms with van der Waals surface area (Å²) in [6, 6.07) is 12.0. The fourth-order valence-corrected chi connectivity index (χ4v) is 3.22. The molecule has 1 saturated heterocycles. The highest BCUT2D eigenvalue weighted by atomic mass is 35.5. The maximum absolute atomic E-state index is 12.5. The zero-order chi connectivity index (χ0) is 16.4. The first-order chi connectivity index (χ1) is 11.0. The van der Waals surface area contributed by atoms with Crippen LogP contribution in [-0.4, -0.2) is 42.1 Å². The predicted molar refractivity (Wildman–Crippen MR) is 92.7 cm³/mol. The number of nitrogens with zero attached hydrogens (tertiary/aromatic N) is 2. The van der Waals surface area contributed by atoms with E-state index in [1.54, 1.807) is 35.2 Å². The number of aromatic hydroxyl groups is 1. The van der Waals surface area contributed by atoms with Crippen LogP contribution in [0.1, 0.15) is 10.4 Å². The molecule has 1 N–H and O–H groups in total. The molecule has 1 aliphatic rings. The average molecular weight is 351 g/mol. The Balaban J connectivity index is 1.66. The highest BCUT2D eigenvalue weighted by molar-refractivity contribution is 6.35. The van der Waals surface area contributed by atoms with Crippen LogP contribution in [0.5, 0.6) is 5.75 Å². The monoisotopic (exact) mass is 350 g/mol. The van der Waals surface area contributed by atoms with Gasteiger partial charge in [-0.2, -0.15) is 0 Å². The molecule has 120 valence electrons. The van der Waals surface area contributed by atoms with Crippen LogP contribution >= 0.6 is 23.2 Å². The van der Waals surface area contributed by atoms with Crippen molar-refractivity contribution in [1.82, 2.24) is 4.90 Å². The lowest BCUT2D eigenvalue weighted by Crippen LogP contribution is -2.48. The third-order valence-electron chi connectivity index (χ3n) is 3.89. The quantitative estimate of drug-likeness (QED) is 0.898. The van der Waals surface area contributed by atoms with Crippen molar-refractivity contribution in [2.75, 3.05) is 31.1 Å². The summed E-state index contributed by atoms with van der Waals surface area (Å²) < 4.78 is 0. The van der Waals surface area contributed by atoms with Crippen LogP contribution in [0.15, 0.2) is 42.5 Å². The number of piperazine rings is 1. The summed E-state index contributed by atoms with van der Waals surface area (Å²) in [6.45, 7) is 2.74. The number of rotatable bonds is 2. The van der Waals surface area contributed by atoms with Crippen LogP contribution in [0.4, 0.5) is 5.69 Å². The Morgan fingerprint density at radius 2 is 1.48 bits per heavy atom. The smallest absolute Gasteiger partial charge is 0.254 e. The molecule has 0 unspecified atom stereocenters. The second-order valence-corrected chi connectivity index (χ2v) is 6.33. The lowest BCUT2D eigenvalue weighted by atomic mass is 10.1. The molecule has 1 heterocycles. The number of carbonyl (C=O) groups excluding carboxylic acids is 1. The van der Waals surface area contributed by atoms with Crippen LogP contribution in [0.3, 0.4) is 0 Å². The molecular weight excluding hydrogens is 335 g/mol. The van der Waals surface area contributed by atoms with Crippen LogP contribution in [-0.2, 0) is 0 Å². The van der Waals surface area contributed by atoms with E-state index >= 15 is 0 Å². The van der Waals surface area contributed by atoms with Gasteiger partial charge < -0.3 is 14.9 Å². The Labute approximate surface area is 144 Å². The number of benzene rings is 2. The van der Waals surface area contributed by atoms with E-state index < -0.39 is 0 Å². The molecule has 23 heavy (non-hydrogen) atoms. The van der Waals surface area contributed by atoms with E-state index in [2.05, 4.69) is 4.90 Å². The second kappa shape index (κ2) is 6.69. The molecule has 0 spiro atoms. The van der Waals surface area contributed by atoms with Gasteiger partial charge in [0.25, 0.3) is 5.91 Å². The number of anilines is 1. The third kappa shape index (κ3) is 3.71. The van der Waals surface area contributed by atoms with Gasteiger partial charge in [0.15, 0.2) is 0 Å². The maximum Gasteiger partial charge on any atom is 0.254 e. The number of hydrogen-bond donors (Lipinski definition) is 1. The van der Waals surface area contributed by atoms with Crippen molar-refractivity contribution < 1.29 is 9.90 Å². The summed E-state index contributed by atoms with van der Waals surface area (Å²) in [5.41, 5.74) is 1.56. The minimum atomic E-state index is -0.0558. The maximum atomic E-state index is 12.5. The van der Waals surface area contributed by atoms with E-state index in [-0.39, 0.29) is 11.7 Å². The molecule has 0 bridgehead atoms. The van der Waals surface area contributed by atoms with E-state index in [9.17, 15) is 9.90 Å². The van der Waals surface area contributed by atoms with Gasteiger partial charge in [-0.25, -0.2) is 0 Å². The summed E-state index contributed by atoms with van der Waals surface area (Å²) in [6.07, 6.45) is 0. The first kappa shape index (κ1) is 16.0. The molecule has 0 aromatic heterocycles. The first-order valence-electron chi connectivity index (χ1n) is 7.32. The zero-order valence-electron chi connectivity index (χ0n) is 12.4. The third-order valence-corrected chi connectivity index (χ3v) is 4.33. The van der Waals surface area contributed by atoms with Crippen molar-refractivity contribution >= 4 is 34.8 Å². The molecular formula is C17H16Cl2N2O2. The van der Waals surface area contributed by atoms with Crippen molar-refractivity contribution in [2.45, 2.75) is 0 Å². The highest BCUT2D eigenvalue weighted by Crippen LogP contribution is 2.22.